The molecule has 0 saturated carbocycles. The minimum absolute atomic E-state index is 0. The quantitative estimate of drug-likeness (QED) is 0.151. The van der Waals surface area contributed by atoms with Crippen LogP contribution >= 0.6 is 0 Å². The van der Waals surface area contributed by atoms with Gasteiger partial charge in [-0.25, -0.2) is 4.85 Å². The summed E-state index contributed by atoms with van der Waals surface area (Å²) in [6.45, 7) is 22.4. The molecule has 0 aliphatic heterocycles. The molecule has 23 heteroatoms. The van der Waals surface area contributed by atoms with Gasteiger partial charge in [-0.2, -0.15) is 147 Å². The van der Waals surface area contributed by atoms with E-state index in [4.69, 9.17) is 25.0 Å². The number of rotatable bonds is 6. The van der Waals surface area contributed by atoms with Crippen molar-refractivity contribution in [3.05, 3.63) is 277 Å². The van der Waals surface area contributed by atoms with Crippen LogP contribution in [0.25, 0.3) is 54.2 Å². The minimum Gasteiger partial charge on any atom is -0.277 e. The van der Waals surface area contributed by atoms with Crippen molar-refractivity contribution in [3.63, 3.8) is 0 Å². The summed E-state index contributed by atoms with van der Waals surface area (Å²) in [5.41, 5.74) is 7.39. The Morgan fingerprint density at radius 1 is 0.506 bits per heavy atom. The first-order valence-electron chi connectivity index (χ1n) is 21.7. The van der Waals surface area contributed by atoms with E-state index in [1.807, 2.05) is 98.2 Å². The third kappa shape index (κ3) is 20.2. The summed E-state index contributed by atoms with van der Waals surface area (Å²) in [6, 6.07) is 59.2. The van der Waals surface area contributed by atoms with E-state index in [0.29, 0.717) is 28.4 Å². The van der Waals surface area contributed by atoms with Crippen molar-refractivity contribution in [2.75, 3.05) is 0 Å². The number of nitriles is 1. The van der Waals surface area contributed by atoms with E-state index in [1.54, 1.807) is 110 Å². The van der Waals surface area contributed by atoms with Crippen LogP contribution in [-0.2, 0) is 107 Å². The average molecular weight is 1940 g/mol. The molecule has 0 fully saturated rings. The maximum absolute atomic E-state index is 12.6. The minimum atomic E-state index is -4.45. The van der Waals surface area contributed by atoms with Crippen LogP contribution in [0.1, 0.15) is 17.1 Å². The largest absolute Gasteiger partial charge is 0.435 e. The fourth-order valence-electron chi connectivity index (χ4n) is 6.21. The smallest absolute Gasteiger partial charge is 0.277 e. The summed E-state index contributed by atoms with van der Waals surface area (Å²) in [4.78, 5) is 14.2. The summed E-state index contributed by atoms with van der Waals surface area (Å²) in [5.74, 6) is 0. The van der Waals surface area contributed by atoms with Gasteiger partial charge in [-0.3, -0.25) is 38.1 Å². The van der Waals surface area contributed by atoms with Crippen molar-refractivity contribution in [1.82, 2.24) is 53.9 Å². The molecule has 5 aromatic carbocycles. The average Bonchev–Trinajstić information content (AvgIpc) is 4.35. The van der Waals surface area contributed by atoms with Crippen LogP contribution < -0.4 is 0 Å². The zero-order valence-electron chi connectivity index (χ0n) is 40.5. The van der Waals surface area contributed by atoms with Crippen LogP contribution in [-0.4, -0.2) is 53.9 Å². The summed E-state index contributed by atoms with van der Waals surface area (Å²) < 4.78 is 45.5. The second kappa shape index (κ2) is 34.2. The first kappa shape index (κ1) is 67.4. The molecule has 79 heavy (non-hydrogen) atoms. The molecule has 0 unspecified atom stereocenters. The van der Waals surface area contributed by atoms with Gasteiger partial charge in [0.05, 0.1) is 43.0 Å². The molecule has 0 amide bonds. The van der Waals surface area contributed by atoms with Gasteiger partial charge >= 0.3 is 6.18 Å². The molecule has 0 atom stereocenters. The van der Waals surface area contributed by atoms with Gasteiger partial charge < -0.3 is 0 Å². The summed E-state index contributed by atoms with van der Waals surface area (Å²) in [5, 5.41) is 28.4. The second-order valence-electron chi connectivity index (χ2n) is 14.8. The van der Waals surface area contributed by atoms with E-state index in [9.17, 15) is 13.2 Å². The Labute approximate surface area is 521 Å². The van der Waals surface area contributed by atoms with Crippen LogP contribution in [0.2, 0.25) is 0 Å². The van der Waals surface area contributed by atoms with Crippen molar-refractivity contribution in [2.45, 2.75) is 13.1 Å². The molecule has 405 valence electrons. The van der Waals surface area contributed by atoms with Crippen molar-refractivity contribution in [2.24, 2.45) is 0 Å². The summed E-state index contributed by atoms with van der Waals surface area (Å²) in [6.07, 6.45) is 8.78. The Balaban J connectivity index is 0.000000337. The number of aryl methyl sites for hydroxylation is 1. The number of hydrogen-bond donors (Lipinski definition) is 0. The maximum Gasteiger partial charge on any atom is 0.435 e. The van der Waals surface area contributed by atoms with E-state index < -0.39 is 11.9 Å². The molecule has 6 heterocycles. The van der Waals surface area contributed by atoms with E-state index in [0.717, 1.165) is 50.4 Å². The van der Waals surface area contributed by atoms with Gasteiger partial charge in [0.25, 0.3) is 0 Å². The van der Waals surface area contributed by atoms with E-state index in [1.165, 1.54) is 12.4 Å². The number of aromatic nitrogens is 11. The van der Waals surface area contributed by atoms with Crippen molar-refractivity contribution in [1.29, 1.82) is 5.26 Å². The Morgan fingerprint density at radius 3 is 1.54 bits per heavy atom. The molecule has 11 rings (SSSR count). The van der Waals surface area contributed by atoms with Gasteiger partial charge in [-0.05, 0) is 60.4 Å². The summed E-state index contributed by atoms with van der Waals surface area (Å²) >= 11 is 0. The molecule has 11 aromatic rings. The molecule has 0 bridgehead atoms. The van der Waals surface area contributed by atoms with Crippen molar-refractivity contribution < 1.29 is 114 Å². The van der Waals surface area contributed by atoms with Gasteiger partial charge in [-0.15, -0.1) is 35.9 Å². The van der Waals surface area contributed by atoms with Gasteiger partial charge in [0, 0.05) is 150 Å². The molecule has 0 spiro atoms. The monoisotopic (exact) mass is 1940 g/mol. The first-order valence-corrected chi connectivity index (χ1v) is 21.7. The molecule has 0 aliphatic rings. The first-order chi connectivity index (χ1) is 36.0. The molecule has 6 aromatic heterocycles. The number of benzene rings is 5. The van der Waals surface area contributed by atoms with Gasteiger partial charge in [0.15, 0.2) is 11.4 Å². The van der Waals surface area contributed by atoms with E-state index >= 15 is 0 Å². The molecular formula is C56H35F3Ir5N15-5. The van der Waals surface area contributed by atoms with Crippen LogP contribution in [0.15, 0.2) is 195 Å². The predicted octanol–water partition coefficient (Wildman–Crippen LogP) is 12.3. The zero-order valence-corrected chi connectivity index (χ0v) is 52.5. The molecule has 5 radical (unpaired) electrons. The number of pyridine rings is 1. The van der Waals surface area contributed by atoms with Crippen molar-refractivity contribution in [3.8, 4) is 45.8 Å². The third-order valence-corrected chi connectivity index (χ3v) is 9.67. The Kier molecular flexibility index (Phi) is 29.2. The Hall–Kier alpha value is -7.70. The van der Waals surface area contributed by atoms with Crippen LogP contribution in [0, 0.1) is 68.3 Å². The fraction of sp³-hybridized carbons (Fsp3) is 0.0357. The van der Waals surface area contributed by atoms with Crippen LogP contribution in [0.3, 0.4) is 0 Å². The molecular weight excluding hydrogens is 1900 g/mol. The Morgan fingerprint density at radius 2 is 1.05 bits per heavy atom. The molecule has 15 nitrogen and oxygen atoms in total. The summed E-state index contributed by atoms with van der Waals surface area (Å²) in [7, 11) is 0. The zero-order chi connectivity index (χ0) is 52.1. The number of alkyl halides is 3. The number of nitrogens with zero attached hydrogens (tertiary/aromatic N) is 15. The number of para-hydroxylation sites is 2. The van der Waals surface area contributed by atoms with E-state index in [2.05, 4.69) is 75.3 Å². The number of halogens is 3. The van der Waals surface area contributed by atoms with Gasteiger partial charge in [0.1, 0.15) is 6.07 Å². The molecule has 0 aliphatic carbocycles. The van der Waals surface area contributed by atoms with Crippen LogP contribution in [0.5, 0.6) is 0 Å². The molecule has 0 saturated heterocycles. The number of hydrogen-bond acceptors (Lipinski definition) is 7. The fourth-order valence-corrected chi connectivity index (χ4v) is 6.21. The standard InChI is InChI=1S/C15H9F3N3.C11H8N3.3C10H6N3.5Ir/c16-15(17,18)14-7-9-21(20-14)12-5-3-4-11(10-12)13-6-1-2-8-19-13;1-9-6-7-14(13-9)11-5-3-4-10(8-11)12-2;1-11-9-4-2-5-10(8-9)13-7-3-6-12-13;1-11-9-7-12-13(8-9)10-5-3-2-4-6-10;11-8-9-6-7-13(12-9)10-4-2-1-3-5-10;;;;;/h1-4,6-10H;3-4,6-8H,1H3;2-4,6-8H;2-5,7-8H;1-4,6-7H;;;;;/q5*-1;;;;;. The van der Waals surface area contributed by atoms with Crippen molar-refractivity contribution >= 4 is 17.1 Å². The SMILES string of the molecule is FC(F)(F)c1ccn(-c2[c-]ccc(-c3ccccn3)c2)n1.N#Cc1ccn(-c2[c-]cccc2)n1.[C-]#[N+]c1cc[c-]c(-n2ccc(C)n2)c1.[C-]#[N+]c1cc[c-]c(-n2cccn2)c1.[C-]#[N+]c1cnn(-c2[c-]cccc2)c1.[Ir].[Ir].[Ir].[Ir].[Ir]. The maximum atomic E-state index is 12.6. The third-order valence-electron chi connectivity index (χ3n) is 9.67. The Bertz CT molecular complexity index is 3620. The predicted molar refractivity (Wildman–Crippen MR) is 268 cm³/mol. The topological polar surface area (TPSA) is 139 Å². The molecule has 0 N–H and O–H groups in total. The normalized spacial score (nSPS) is 9.47. The van der Waals surface area contributed by atoms with Crippen LogP contribution in [0.4, 0.5) is 30.2 Å². The van der Waals surface area contributed by atoms with Gasteiger partial charge in [-0.1, -0.05) is 17.4 Å². The van der Waals surface area contributed by atoms with E-state index in [-0.39, 0.29) is 101 Å². The van der Waals surface area contributed by atoms with Gasteiger partial charge in [0.2, 0.25) is 5.69 Å². The second-order valence-corrected chi connectivity index (χ2v) is 14.8.